The van der Waals surface area contributed by atoms with Crippen molar-refractivity contribution in [2.24, 2.45) is 0 Å². The number of allylic oxidation sites excluding steroid dienone is 5. The molecule has 0 radical (unpaired) electrons. The number of amides is 1. The Bertz CT molecular complexity index is 1120. The normalized spacial score (nSPS) is 14.3. The van der Waals surface area contributed by atoms with Crippen molar-refractivity contribution in [3.8, 4) is 0 Å². The van der Waals surface area contributed by atoms with E-state index in [2.05, 4.69) is 43.5 Å². The van der Waals surface area contributed by atoms with Crippen molar-refractivity contribution in [1.29, 1.82) is 0 Å². The monoisotopic (exact) mass is 910 g/mol. The first-order chi connectivity index (χ1) is 30.5. The van der Waals surface area contributed by atoms with Crippen molar-refractivity contribution >= 4 is 13.7 Å². The number of unbranched alkanes of at least 4 members (excludes halogenated alkanes) is 32. The number of carbonyl (C=O) groups excluding carboxylic acids is 1. The molecule has 1 amide bonds. The maximum absolute atomic E-state index is 13.0. The Labute approximate surface area is 391 Å². The molecule has 0 aromatic carbocycles. The van der Waals surface area contributed by atoms with E-state index < -0.39 is 20.0 Å². The van der Waals surface area contributed by atoms with Crippen LogP contribution in [0.4, 0.5) is 0 Å². The highest BCUT2D eigenvalue weighted by Crippen LogP contribution is 2.43. The second-order valence-electron chi connectivity index (χ2n) is 19.6. The summed E-state index contributed by atoms with van der Waals surface area (Å²) in [5.41, 5.74) is 0. The van der Waals surface area contributed by atoms with Gasteiger partial charge in [0.15, 0.2) is 0 Å². The zero-order chi connectivity index (χ0) is 46.4. The maximum atomic E-state index is 13.0. The number of phosphoric ester groups is 1. The largest absolute Gasteiger partial charge is 0.472 e. The number of likely N-dealkylation sites (N-methyl/N-ethyl adjacent to an activating group) is 1. The average molecular weight is 910 g/mol. The molecule has 0 saturated carbocycles. The molecular weight excluding hydrogens is 804 g/mol. The maximum Gasteiger partial charge on any atom is 0.472 e. The fourth-order valence-corrected chi connectivity index (χ4v) is 8.57. The van der Waals surface area contributed by atoms with Crippen LogP contribution >= 0.6 is 7.82 Å². The molecule has 3 N–H and O–H groups in total. The summed E-state index contributed by atoms with van der Waals surface area (Å²) in [6.45, 7) is 4.83. The summed E-state index contributed by atoms with van der Waals surface area (Å²) >= 11 is 0. The van der Waals surface area contributed by atoms with Crippen LogP contribution in [0.25, 0.3) is 0 Å². The molecule has 0 spiro atoms. The lowest BCUT2D eigenvalue weighted by atomic mass is 10.0. The number of rotatable bonds is 49. The average Bonchev–Trinajstić information content (AvgIpc) is 3.24. The van der Waals surface area contributed by atoms with E-state index in [1.165, 1.54) is 186 Å². The van der Waals surface area contributed by atoms with Gasteiger partial charge in [-0.05, 0) is 51.4 Å². The number of carbonyl (C=O) groups is 1. The molecule has 0 heterocycles. The molecule has 9 heteroatoms. The van der Waals surface area contributed by atoms with Crippen molar-refractivity contribution in [2.45, 2.75) is 264 Å². The zero-order valence-electron chi connectivity index (χ0n) is 42.3. The summed E-state index contributed by atoms with van der Waals surface area (Å²) in [6.07, 6.45) is 57.9. The molecule has 0 aliphatic heterocycles. The smallest absolute Gasteiger partial charge is 0.387 e. The molecule has 0 bridgehead atoms. The molecule has 3 unspecified atom stereocenters. The van der Waals surface area contributed by atoms with E-state index in [0.29, 0.717) is 17.4 Å². The molecule has 372 valence electrons. The summed E-state index contributed by atoms with van der Waals surface area (Å²) in [4.78, 5) is 23.3. The van der Waals surface area contributed by atoms with Gasteiger partial charge in [0.25, 0.3) is 0 Å². The van der Waals surface area contributed by atoms with Crippen LogP contribution in [0.3, 0.4) is 0 Å². The Hall–Kier alpha value is -1.28. The van der Waals surface area contributed by atoms with Crippen LogP contribution in [-0.4, -0.2) is 73.4 Å². The number of aliphatic hydroxyl groups excluding tert-OH is 1. The van der Waals surface area contributed by atoms with E-state index in [1.54, 1.807) is 6.08 Å². The quantitative estimate of drug-likeness (QED) is 0.0243. The minimum absolute atomic E-state index is 0.0616. The molecule has 63 heavy (non-hydrogen) atoms. The second kappa shape index (κ2) is 45.9. The molecule has 0 fully saturated rings. The minimum Gasteiger partial charge on any atom is -0.387 e. The first-order valence-electron chi connectivity index (χ1n) is 26.9. The molecule has 0 aliphatic rings. The number of nitrogens with zero attached hydrogens (tertiary/aromatic N) is 1. The Morgan fingerprint density at radius 1 is 0.540 bits per heavy atom. The number of quaternary nitrogens is 1. The minimum atomic E-state index is -4.34. The first-order valence-corrected chi connectivity index (χ1v) is 28.4. The predicted octanol–water partition coefficient (Wildman–Crippen LogP) is 15.8. The lowest BCUT2D eigenvalue weighted by molar-refractivity contribution is -0.870. The lowest BCUT2D eigenvalue weighted by Gasteiger charge is -2.25. The Kier molecular flexibility index (Phi) is 44.9. The van der Waals surface area contributed by atoms with Gasteiger partial charge in [-0.3, -0.25) is 13.8 Å². The molecular formula is C54H106N2O6P+. The Morgan fingerprint density at radius 3 is 1.30 bits per heavy atom. The van der Waals surface area contributed by atoms with E-state index >= 15 is 0 Å². The lowest BCUT2D eigenvalue weighted by Crippen LogP contribution is -2.45. The summed E-state index contributed by atoms with van der Waals surface area (Å²) in [6, 6.07) is -0.847. The van der Waals surface area contributed by atoms with Crippen molar-refractivity contribution in [3.05, 3.63) is 36.5 Å². The molecule has 3 atom stereocenters. The standard InChI is InChI=1S/C54H105N2O6P/c1-6-8-10-12-14-16-18-20-22-24-26-27-28-29-30-32-34-36-38-40-42-44-46-48-54(58)55-52(51-62-63(59,60)61-50-49-56(3,4)5)53(57)47-45-43-41-39-37-35-33-31-25-23-21-19-17-15-13-11-9-7-2/h18,20,24,26,45,47,52-53,57H,6-17,19,21-23,25,27-44,46,48-51H2,1-5H3,(H-,55,58,59,60)/p+1/b20-18-,26-24-,47-45+. The number of aliphatic hydroxyl groups is 1. The molecule has 0 rings (SSSR count). The number of hydrogen-bond donors (Lipinski definition) is 3. The zero-order valence-corrected chi connectivity index (χ0v) is 43.2. The molecule has 0 saturated heterocycles. The van der Waals surface area contributed by atoms with Gasteiger partial charge in [0, 0.05) is 6.42 Å². The van der Waals surface area contributed by atoms with E-state index in [1.807, 2.05) is 27.2 Å². The fraction of sp³-hybridized carbons (Fsp3) is 0.870. The van der Waals surface area contributed by atoms with Crippen LogP contribution in [0.2, 0.25) is 0 Å². The van der Waals surface area contributed by atoms with Gasteiger partial charge in [0.05, 0.1) is 39.9 Å². The van der Waals surface area contributed by atoms with Crippen LogP contribution in [-0.2, 0) is 18.4 Å². The van der Waals surface area contributed by atoms with Crippen molar-refractivity contribution in [2.75, 3.05) is 40.9 Å². The predicted molar refractivity (Wildman–Crippen MR) is 272 cm³/mol. The highest BCUT2D eigenvalue weighted by atomic mass is 31.2. The number of nitrogens with one attached hydrogen (secondary N) is 1. The third-order valence-corrected chi connectivity index (χ3v) is 13.1. The van der Waals surface area contributed by atoms with E-state index in [-0.39, 0.29) is 19.1 Å². The molecule has 0 aliphatic carbocycles. The number of hydrogen-bond acceptors (Lipinski definition) is 5. The van der Waals surface area contributed by atoms with Crippen LogP contribution in [0.5, 0.6) is 0 Å². The van der Waals surface area contributed by atoms with Gasteiger partial charge < -0.3 is 19.8 Å². The molecule has 8 nitrogen and oxygen atoms in total. The first kappa shape index (κ1) is 61.7. The summed E-state index contributed by atoms with van der Waals surface area (Å²) in [5, 5.41) is 13.9. The van der Waals surface area contributed by atoms with Gasteiger partial charge in [0.2, 0.25) is 5.91 Å². The van der Waals surface area contributed by atoms with Crippen LogP contribution in [0.1, 0.15) is 251 Å². The van der Waals surface area contributed by atoms with Gasteiger partial charge >= 0.3 is 7.82 Å². The third kappa shape index (κ3) is 48.5. The molecule has 0 aromatic rings. The highest BCUT2D eigenvalue weighted by Gasteiger charge is 2.27. The second-order valence-corrected chi connectivity index (χ2v) is 21.1. The van der Waals surface area contributed by atoms with Crippen molar-refractivity contribution in [3.63, 3.8) is 0 Å². The summed E-state index contributed by atoms with van der Waals surface area (Å²) < 4.78 is 23.7. The van der Waals surface area contributed by atoms with Crippen LogP contribution in [0, 0.1) is 0 Å². The van der Waals surface area contributed by atoms with Gasteiger partial charge in [0.1, 0.15) is 13.2 Å². The Balaban J connectivity index is 4.26. The van der Waals surface area contributed by atoms with E-state index in [9.17, 15) is 19.4 Å². The summed E-state index contributed by atoms with van der Waals surface area (Å²) in [5.74, 6) is -0.177. The molecule has 0 aromatic heterocycles. The van der Waals surface area contributed by atoms with Crippen LogP contribution in [0.15, 0.2) is 36.5 Å². The van der Waals surface area contributed by atoms with Gasteiger partial charge in [-0.25, -0.2) is 4.57 Å². The summed E-state index contributed by atoms with van der Waals surface area (Å²) in [7, 11) is 1.58. The number of phosphoric acid groups is 1. The SMILES string of the molecule is CCCCCCC/C=C\C/C=C\CCCCCCCCCCCCCC(=O)NC(COP(=O)(O)OCC[N+](C)(C)C)C(O)/C=C/CCCCCCCCCCCCCCCCCC. The highest BCUT2D eigenvalue weighted by molar-refractivity contribution is 7.47. The van der Waals surface area contributed by atoms with Gasteiger partial charge in [-0.15, -0.1) is 0 Å². The van der Waals surface area contributed by atoms with Crippen molar-refractivity contribution < 1.29 is 32.9 Å². The van der Waals surface area contributed by atoms with Crippen LogP contribution < -0.4 is 5.32 Å². The van der Waals surface area contributed by atoms with Gasteiger partial charge in [-0.1, -0.05) is 230 Å². The third-order valence-electron chi connectivity index (χ3n) is 12.1. The van der Waals surface area contributed by atoms with Crippen molar-refractivity contribution in [1.82, 2.24) is 5.32 Å². The Morgan fingerprint density at radius 2 is 0.905 bits per heavy atom. The topological polar surface area (TPSA) is 105 Å². The van der Waals surface area contributed by atoms with E-state index in [0.717, 1.165) is 44.9 Å². The fourth-order valence-electron chi connectivity index (χ4n) is 7.84. The van der Waals surface area contributed by atoms with Gasteiger partial charge in [-0.2, -0.15) is 0 Å². The van der Waals surface area contributed by atoms with E-state index in [4.69, 9.17) is 9.05 Å².